The fourth-order valence-corrected chi connectivity index (χ4v) is 5.26. The highest BCUT2D eigenvalue weighted by Crippen LogP contribution is 2.28. The lowest BCUT2D eigenvalue weighted by atomic mass is 9.87. The Bertz CT molecular complexity index is 844. The SMILES string of the molecule is CC(C)(CCCCc1ccc(/C=C/c2ccc(CCCCC(C)(C)C(=O)O)s2)s1)C(=O)O. The van der Waals surface area contributed by atoms with Crippen LogP contribution in [0.1, 0.15) is 85.7 Å². The third kappa shape index (κ3) is 8.55. The second kappa shape index (κ2) is 11.8. The minimum absolute atomic E-state index is 0.641. The van der Waals surface area contributed by atoms with Crippen molar-refractivity contribution in [2.45, 2.75) is 79.1 Å². The van der Waals surface area contributed by atoms with E-state index in [-0.39, 0.29) is 0 Å². The van der Waals surface area contributed by atoms with Crippen molar-refractivity contribution in [2.24, 2.45) is 10.8 Å². The summed E-state index contributed by atoms with van der Waals surface area (Å²) in [5, 5.41) is 18.4. The maximum atomic E-state index is 11.2. The van der Waals surface area contributed by atoms with Crippen molar-refractivity contribution in [1.29, 1.82) is 0 Å². The molecule has 0 fully saturated rings. The first kappa shape index (κ1) is 26.3. The minimum atomic E-state index is -0.722. The first-order chi connectivity index (χ1) is 15.0. The molecule has 6 heteroatoms. The maximum absolute atomic E-state index is 11.2. The summed E-state index contributed by atoms with van der Waals surface area (Å²) in [6.07, 6.45) is 11.6. The number of hydrogen-bond donors (Lipinski definition) is 2. The number of hydrogen-bond acceptors (Lipinski definition) is 4. The molecule has 0 atom stereocenters. The van der Waals surface area contributed by atoms with Crippen molar-refractivity contribution in [2.75, 3.05) is 0 Å². The van der Waals surface area contributed by atoms with Gasteiger partial charge in [-0.2, -0.15) is 0 Å². The largest absolute Gasteiger partial charge is 0.481 e. The van der Waals surface area contributed by atoms with Crippen LogP contribution < -0.4 is 0 Å². The number of aliphatic carboxylic acids is 2. The zero-order valence-electron chi connectivity index (χ0n) is 19.6. The van der Waals surface area contributed by atoms with Gasteiger partial charge in [-0.25, -0.2) is 0 Å². The van der Waals surface area contributed by atoms with Crippen molar-refractivity contribution in [1.82, 2.24) is 0 Å². The quantitative estimate of drug-likeness (QED) is 0.275. The van der Waals surface area contributed by atoms with E-state index in [9.17, 15) is 19.8 Å². The molecule has 176 valence electrons. The van der Waals surface area contributed by atoms with Crippen molar-refractivity contribution in [3.8, 4) is 0 Å². The molecule has 0 aliphatic rings. The molecule has 0 aromatic carbocycles. The highest BCUT2D eigenvalue weighted by Gasteiger charge is 2.26. The highest BCUT2D eigenvalue weighted by molar-refractivity contribution is 7.13. The molecule has 0 spiro atoms. The number of rotatable bonds is 14. The van der Waals surface area contributed by atoms with Crippen LogP contribution >= 0.6 is 22.7 Å². The number of thiophene rings is 2. The Labute approximate surface area is 200 Å². The molecule has 4 nitrogen and oxygen atoms in total. The van der Waals surface area contributed by atoms with Gasteiger partial charge >= 0.3 is 11.9 Å². The Kier molecular flexibility index (Phi) is 9.71. The monoisotopic (exact) mass is 476 g/mol. The standard InChI is InChI=1S/C26H36O4S2/c1-25(2,23(27)28)17-7-5-9-19-11-13-21(31-19)15-16-22-14-12-20(32-22)10-6-8-18-26(3,4)24(29)30/h11-16H,5-10,17-18H2,1-4H3,(H,27,28)(H,29,30)/b16-15+. The summed E-state index contributed by atoms with van der Waals surface area (Å²) in [6, 6.07) is 8.64. The van der Waals surface area contributed by atoms with Gasteiger partial charge in [0.25, 0.3) is 0 Å². The molecular formula is C26H36O4S2. The minimum Gasteiger partial charge on any atom is -0.481 e. The number of unbranched alkanes of at least 4 members (excludes halogenated alkanes) is 2. The lowest BCUT2D eigenvalue weighted by Gasteiger charge is -2.18. The van der Waals surface area contributed by atoms with Gasteiger partial charge < -0.3 is 10.2 Å². The van der Waals surface area contributed by atoms with Gasteiger partial charge in [0.05, 0.1) is 10.8 Å². The van der Waals surface area contributed by atoms with E-state index < -0.39 is 22.8 Å². The third-order valence-electron chi connectivity index (χ3n) is 5.88. The van der Waals surface area contributed by atoms with Gasteiger partial charge in [-0.15, -0.1) is 22.7 Å². The molecule has 0 amide bonds. The maximum Gasteiger partial charge on any atom is 0.309 e. The van der Waals surface area contributed by atoms with Crippen molar-refractivity contribution in [3.05, 3.63) is 43.8 Å². The Morgan fingerprint density at radius 1 is 0.719 bits per heavy atom. The predicted molar refractivity (Wildman–Crippen MR) is 136 cm³/mol. The number of carboxylic acid groups (broad SMARTS) is 2. The van der Waals surface area contributed by atoms with Crippen LogP contribution in [0.2, 0.25) is 0 Å². The number of carbonyl (C=O) groups is 2. The van der Waals surface area contributed by atoms with Crippen molar-refractivity contribution >= 4 is 46.8 Å². The summed E-state index contributed by atoms with van der Waals surface area (Å²) in [4.78, 5) is 27.5. The summed E-state index contributed by atoms with van der Waals surface area (Å²) in [7, 11) is 0. The summed E-state index contributed by atoms with van der Waals surface area (Å²) < 4.78 is 0. The fraction of sp³-hybridized carbons (Fsp3) is 0.538. The number of carboxylic acids is 2. The summed E-state index contributed by atoms with van der Waals surface area (Å²) in [5.74, 6) is -1.44. The molecule has 0 saturated heterocycles. The zero-order valence-corrected chi connectivity index (χ0v) is 21.3. The molecule has 0 aliphatic carbocycles. The van der Waals surface area contributed by atoms with Crippen LogP contribution in [0.4, 0.5) is 0 Å². The van der Waals surface area contributed by atoms with Gasteiger partial charge in [0.2, 0.25) is 0 Å². The highest BCUT2D eigenvalue weighted by atomic mass is 32.1. The van der Waals surface area contributed by atoms with E-state index in [1.807, 2.05) is 0 Å². The van der Waals surface area contributed by atoms with Gasteiger partial charge in [0.1, 0.15) is 0 Å². The average Bonchev–Trinajstić information content (AvgIpc) is 3.36. The predicted octanol–water partition coefficient (Wildman–Crippen LogP) is 7.63. The lowest BCUT2D eigenvalue weighted by Crippen LogP contribution is -2.23. The fourth-order valence-electron chi connectivity index (χ4n) is 3.35. The summed E-state index contributed by atoms with van der Waals surface area (Å²) in [6.45, 7) is 7.16. The molecule has 0 saturated carbocycles. The molecule has 0 unspecified atom stereocenters. The van der Waals surface area contributed by atoms with Crippen molar-refractivity contribution < 1.29 is 19.8 Å². The van der Waals surface area contributed by atoms with Crippen LogP contribution in [0.25, 0.3) is 12.2 Å². The average molecular weight is 477 g/mol. The van der Waals surface area contributed by atoms with Gasteiger partial charge in [-0.3, -0.25) is 9.59 Å². The first-order valence-electron chi connectivity index (χ1n) is 11.3. The Hall–Kier alpha value is -1.92. The molecule has 2 heterocycles. The molecule has 2 N–H and O–H groups in total. The second-order valence-corrected chi connectivity index (χ2v) is 12.1. The van der Waals surface area contributed by atoms with E-state index >= 15 is 0 Å². The van der Waals surface area contributed by atoms with E-state index in [4.69, 9.17) is 0 Å². The van der Waals surface area contributed by atoms with Crippen LogP contribution in [0.3, 0.4) is 0 Å². The summed E-state index contributed by atoms with van der Waals surface area (Å²) >= 11 is 3.60. The molecular weight excluding hydrogens is 440 g/mol. The van der Waals surface area contributed by atoms with E-state index in [0.717, 1.165) is 38.5 Å². The smallest absolute Gasteiger partial charge is 0.309 e. The Balaban J connectivity index is 1.74. The van der Waals surface area contributed by atoms with Gasteiger partial charge in [0, 0.05) is 19.5 Å². The topological polar surface area (TPSA) is 74.6 Å². The van der Waals surface area contributed by atoms with E-state index in [1.54, 1.807) is 50.4 Å². The molecule has 2 aromatic heterocycles. The molecule has 32 heavy (non-hydrogen) atoms. The van der Waals surface area contributed by atoms with Gasteiger partial charge in [-0.1, -0.05) is 12.8 Å². The second-order valence-electron chi connectivity index (χ2n) is 9.73. The van der Waals surface area contributed by atoms with Crippen molar-refractivity contribution in [3.63, 3.8) is 0 Å². The van der Waals surface area contributed by atoms with Crippen LogP contribution in [-0.4, -0.2) is 22.2 Å². The zero-order chi connectivity index (χ0) is 23.8. The van der Waals surface area contributed by atoms with Crippen LogP contribution in [0, 0.1) is 10.8 Å². The first-order valence-corrected chi connectivity index (χ1v) is 13.0. The van der Waals surface area contributed by atoms with Crippen LogP contribution in [0.5, 0.6) is 0 Å². The third-order valence-corrected chi connectivity index (χ3v) is 8.11. The molecule has 0 bridgehead atoms. The lowest BCUT2D eigenvalue weighted by molar-refractivity contribution is -0.148. The number of aryl methyl sites for hydroxylation is 2. The van der Waals surface area contributed by atoms with E-state index in [2.05, 4.69) is 36.4 Å². The Morgan fingerprint density at radius 3 is 1.44 bits per heavy atom. The van der Waals surface area contributed by atoms with Gasteiger partial charge in [0.15, 0.2) is 0 Å². The summed E-state index contributed by atoms with van der Waals surface area (Å²) in [5.41, 5.74) is -1.28. The Morgan fingerprint density at radius 2 is 1.09 bits per heavy atom. The molecule has 2 rings (SSSR count). The van der Waals surface area contributed by atoms with Gasteiger partial charge in [-0.05, 0) is 103 Å². The van der Waals surface area contributed by atoms with E-state index in [1.165, 1.54) is 19.5 Å². The molecule has 2 aromatic rings. The molecule has 0 radical (unpaired) electrons. The molecule has 0 aliphatic heterocycles. The van der Waals surface area contributed by atoms with Crippen LogP contribution in [-0.2, 0) is 22.4 Å². The normalized spacial score (nSPS) is 12.5. The van der Waals surface area contributed by atoms with E-state index in [0.29, 0.717) is 12.8 Å². The van der Waals surface area contributed by atoms with Crippen LogP contribution in [0.15, 0.2) is 24.3 Å².